The van der Waals surface area contributed by atoms with Crippen molar-refractivity contribution >= 4 is 38.5 Å². The Morgan fingerprint density at radius 2 is 1.68 bits per heavy atom. The van der Waals surface area contributed by atoms with E-state index in [1.807, 2.05) is 12.1 Å². The first-order chi connectivity index (χ1) is 18.1. The average molecular weight is 562 g/mol. The summed E-state index contributed by atoms with van der Waals surface area (Å²) in [5, 5.41) is 8.34. The van der Waals surface area contributed by atoms with Crippen LogP contribution < -0.4 is 16.2 Å². The molecular weight excluding hydrogens is 528 g/mol. The topological polar surface area (TPSA) is 84.7 Å². The second-order valence-electron chi connectivity index (χ2n) is 9.65. The van der Waals surface area contributed by atoms with Crippen LogP contribution in [0.2, 0.25) is 0 Å². The number of unbranched alkanes of at least 4 members (excludes halogenated alkanes) is 3. The zero-order valence-electron chi connectivity index (χ0n) is 21.3. The monoisotopic (exact) mass is 560 g/mol. The molecule has 0 saturated carbocycles. The molecule has 0 amide bonds. The smallest absolute Gasteiger partial charge is 0.255 e. The fourth-order valence-electron chi connectivity index (χ4n) is 4.99. The Kier molecular flexibility index (Phi) is 8.14. The van der Waals surface area contributed by atoms with E-state index in [0.717, 1.165) is 67.2 Å². The molecule has 3 heterocycles. The van der Waals surface area contributed by atoms with Crippen LogP contribution in [0.1, 0.15) is 49.8 Å². The van der Waals surface area contributed by atoms with Gasteiger partial charge in [0.05, 0.1) is 11.2 Å². The van der Waals surface area contributed by atoms with Gasteiger partial charge in [0.15, 0.2) is 0 Å². The highest BCUT2D eigenvalue weighted by Gasteiger charge is 2.18. The maximum absolute atomic E-state index is 12.4. The zero-order chi connectivity index (χ0) is 25.6. The van der Waals surface area contributed by atoms with Crippen LogP contribution in [0.3, 0.4) is 0 Å². The molecule has 8 heteroatoms. The van der Waals surface area contributed by atoms with Crippen LogP contribution >= 0.6 is 15.9 Å². The average Bonchev–Trinajstić information content (AvgIpc) is 2.92. The lowest BCUT2D eigenvalue weighted by atomic mass is 9.92. The third-order valence-electron chi connectivity index (χ3n) is 7.02. The van der Waals surface area contributed by atoms with Crippen molar-refractivity contribution in [3.05, 3.63) is 74.9 Å². The summed E-state index contributed by atoms with van der Waals surface area (Å²) < 4.78 is 2.63. The molecule has 192 valence electrons. The summed E-state index contributed by atoms with van der Waals surface area (Å²) in [7, 11) is 1.75. The third-order valence-corrected chi connectivity index (χ3v) is 7.52. The molecule has 1 aromatic carbocycles. The maximum atomic E-state index is 12.4. The summed E-state index contributed by atoms with van der Waals surface area (Å²) in [6.45, 7) is 1.74. The number of halogens is 1. The predicted molar refractivity (Wildman–Crippen MR) is 154 cm³/mol. The first-order valence-corrected chi connectivity index (χ1v) is 14.0. The molecule has 1 aliphatic carbocycles. The second kappa shape index (κ2) is 11.9. The first kappa shape index (κ1) is 25.4. The molecule has 0 radical (unpaired) electrons. The van der Waals surface area contributed by atoms with Gasteiger partial charge < -0.3 is 10.6 Å². The van der Waals surface area contributed by atoms with Gasteiger partial charge in [-0.1, -0.05) is 28.8 Å². The van der Waals surface area contributed by atoms with Gasteiger partial charge in [0, 0.05) is 65.4 Å². The van der Waals surface area contributed by atoms with Crippen molar-refractivity contribution in [1.82, 2.24) is 19.5 Å². The number of pyridine rings is 2. The molecule has 0 atom stereocenters. The zero-order valence-corrected chi connectivity index (χ0v) is 22.9. The Morgan fingerprint density at radius 1 is 0.919 bits per heavy atom. The summed E-state index contributed by atoms with van der Waals surface area (Å²) in [6, 6.07) is 11.7. The van der Waals surface area contributed by atoms with Gasteiger partial charge in [-0.2, -0.15) is 0 Å². The summed E-state index contributed by atoms with van der Waals surface area (Å²) in [4.78, 5) is 26.1. The van der Waals surface area contributed by atoms with Crippen LogP contribution in [0.5, 0.6) is 0 Å². The van der Waals surface area contributed by atoms with Gasteiger partial charge in [-0.25, -0.2) is 4.98 Å². The van der Waals surface area contributed by atoms with Gasteiger partial charge in [-0.05, 0) is 74.4 Å². The highest BCUT2D eigenvalue weighted by atomic mass is 79.9. The van der Waals surface area contributed by atoms with Gasteiger partial charge in [0.25, 0.3) is 5.56 Å². The van der Waals surface area contributed by atoms with E-state index in [0.29, 0.717) is 11.6 Å². The highest BCUT2D eigenvalue weighted by molar-refractivity contribution is 9.10. The molecule has 2 N–H and O–H groups in total. The Bertz CT molecular complexity index is 1440. The van der Waals surface area contributed by atoms with E-state index in [-0.39, 0.29) is 5.56 Å². The fourth-order valence-corrected chi connectivity index (χ4v) is 5.33. The summed E-state index contributed by atoms with van der Waals surface area (Å²) >= 11 is 3.59. The van der Waals surface area contributed by atoms with Crippen LogP contribution in [-0.4, -0.2) is 32.6 Å². The van der Waals surface area contributed by atoms with Crippen LogP contribution in [0.4, 0.5) is 11.6 Å². The molecule has 37 heavy (non-hydrogen) atoms. The number of aryl methyl sites for hydroxylation is 1. The lowest BCUT2D eigenvalue weighted by Crippen LogP contribution is -2.22. The van der Waals surface area contributed by atoms with Crippen LogP contribution in [-0.2, 0) is 19.9 Å². The van der Waals surface area contributed by atoms with Crippen molar-refractivity contribution < 1.29 is 0 Å². The third kappa shape index (κ3) is 6.01. The Hall–Kier alpha value is -3.26. The van der Waals surface area contributed by atoms with Crippen molar-refractivity contribution in [3.63, 3.8) is 0 Å². The molecule has 0 spiro atoms. The Balaban J connectivity index is 1.12. The molecule has 0 fully saturated rings. The molecule has 5 rings (SSSR count). The molecule has 0 saturated heterocycles. The van der Waals surface area contributed by atoms with E-state index in [9.17, 15) is 4.79 Å². The van der Waals surface area contributed by atoms with Crippen molar-refractivity contribution in [2.24, 2.45) is 7.05 Å². The lowest BCUT2D eigenvalue weighted by Gasteiger charge is -2.22. The largest absolute Gasteiger partial charge is 0.384 e. The minimum atomic E-state index is -0.0754. The minimum Gasteiger partial charge on any atom is -0.384 e. The molecule has 0 bridgehead atoms. The second-order valence-corrected chi connectivity index (χ2v) is 10.6. The molecule has 0 unspecified atom stereocenters. The quantitative estimate of drug-likeness (QED) is 0.227. The van der Waals surface area contributed by atoms with Crippen LogP contribution in [0.25, 0.3) is 22.2 Å². The molecule has 1 aliphatic rings. The SMILES string of the molecule is Cn1c(NCCCCCCNc2c3c(nc4cc(Br)ccc24)CCCC3)nc(-c2ccncc2)cc1=O. The Labute approximate surface area is 225 Å². The van der Waals surface area contributed by atoms with Crippen molar-refractivity contribution in [3.8, 4) is 11.3 Å². The minimum absolute atomic E-state index is 0.0754. The van der Waals surface area contributed by atoms with E-state index in [4.69, 9.17) is 4.98 Å². The lowest BCUT2D eigenvalue weighted by molar-refractivity contribution is 0.661. The van der Waals surface area contributed by atoms with E-state index >= 15 is 0 Å². The number of aromatic nitrogens is 4. The number of rotatable bonds is 10. The number of nitrogens with zero attached hydrogens (tertiary/aromatic N) is 4. The van der Waals surface area contributed by atoms with Crippen LogP contribution in [0, 0.1) is 0 Å². The summed E-state index contributed by atoms with van der Waals surface area (Å²) in [6.07, 6.45) is 12.5. The highest BCUT2D eigenvalue weighted by Crippen LogP contribution is 2.34. The number of anilines is 2. The summed E-state index contributed by atoms with van der Waals surface area (Å²) in [5.74, 6) is 0.599. The van der Waals surface area contributed by atoms with Crippen molar-refractivity contribution in [2.45, 2.75) is 51.4 Å². The standard InChI is InChI=1S/C29H33BrN6O/c1-36-27(37)19-25(20-12-16-31-17-13-20)35-29(36)33-15-7-3-2-6-14-32-28-22-8-4-5-9-24(22)34-26-18-21(30)10-11-23(26)28/h10-13,16-19H,2-9,14-15H2,1H3,(H,32,34)(H,33,35). The van der Waals surface area contributed by atoms with Gasteiger partial charge in [0.1, 0.15) is 0 Å². The van der Waals surface area contributed by atoms with E-state index in [1.165, 1.54) is 35.2 Å². The number of benzene rings is 1. The number of hydrogen-bond acceptors (Lipinski definition) is 6. The van der Waals surface area contributed by atoms with Gasteiger partial charge in [0.2, 0.25) is 5.95 Å². The van der Waals surface area contributed by atoms with Gasteiger partial charge >= 0.3 is 0 Å². The van der Waals surface area contributed by atoms with E-state index in [1.54, 1.807) is 30.1 Å². The predicted octanol–water partition coefficient (Wildman–Crippen LogP) is 6.12. The van der Waals surface area contributed by atoms with Gasteiger partial charge in [-0.15, -0.1) is 0 Å². The van der Waals surface area contributed by atoms with E-state index < -0.39 is 0 Å². The molecule has 7 nitrogen and oxygen atoms in total. The number of hydrogen-bond donors (Lipinski definition) is 2. The normalized spacial score (nSPS) is 12.9. The van der Waals surface area contributed by atoms with Crippen molar-refractivity contribution in [2.75, 3.05) is 23.7 Å². The van der Waals surface area contributed by atoms with Crippen LogP contribution in [0.15, 0.2) is 58.1 Å². The first-order valence-electron chi connectivity index (χ1n) is 13.2. The van der Waals surface area contributed by atoms with E-state index in [2.05, 4.69) is 54.7 Å². The molecule has 3 aromatic heterocycles. The number of fused-ring (bicyclic) bond motifs is 2. The van der Waals surface area contributed by atoms with Gasteiger partial charge in [-0.3, -0.25) is 19.3 Å². The number of nitrogens with one attached hydrogen (secondary N) is 2. The molecular formula is C29H33BrN6O. The van der Waals surface area contributed by atoms with Crippen molar-refractivity contribution in [1.29, 1.82) is 0 Å². The molecule has 0 aliphatic heterocycles. The molecule has 4 aromatic rings. The fraction of sp³-hybridized carbons (Fsp3) is 0.379. The maximum Gasteiger partial charge on any atom is 0.255 e. The summed E-state index contributed by atoms with van der Waals surface area (Å²) in [5.41, 5.74) is 6.51. The Morgan fingerprint density at radius 3 is 2.49 bits per heavy atom.